The number of likely N-dealkylation sites (tertiary alicyclic amines) is 1. The quantitative estimate of drug-likeness (QED) is 0.855. The molecule has 2 aliphatic rings. The zero-order valence-electron chi connectivity index (χ0n) is 13.1. The highest BCUT2D eigenvalue weighted by atomic mass is 16.5. The monoisotopic (exact) mass is 306 g/mol. The SMILES string of the molecule is O=C(COCC1CCCNC1)N1CCC(c2ncc[nH]2)CC1. The highest BCUT2D eigenvalue weighted by molar-refractivity contribution is 5.77. The molecule has 0 radical (unpaired) electrons. The van der Waals surface area contributed by atoms with Gasteiger partial charge in [0.05, 0.1) is 6.61 Å². The standard InChI is InChI=1S/C16H26N4O2/c21-15(12-22-11-13-2-1-5-17-10-13)20-8-3-14(4-9-20)16-18-6-7-19-16/h6-7,13-14,17H,1-5,8-12H2,(H,18,19). The van der Waals surface area contributed by atoms with E-state index in [0.717, 1.165) is 44.8 Å². The average Bonchev–Trinajstić information content (AvgIpc) is 3.10. The molecule has 3 rings (SSSR count). The van der Waals surface area contributed by atoms with Crippen LogP contribution in [0.3, 0.4) is 0 Å². The number of nitrogens with zero attached hydrogens (tertiary/aromatic N) is 2. The number of aromatic nitrogens is 2. The lowest BCUT2D eigenvalue weighted by molar-refractivity contribution is -0.137. The molecule has 1 atom stereocenters. The van der Waals surface area contributed by atoms with Crippen molar-refractivity contribution in [2.45, 2.75) is 31.6 Å². The van der Waals surface area contributed by atoms with Crippen molar-refractivity contribution in [1.29, 1.82) is 0 Å². The Labute approximate surface area is 131 Å². The topological polar surface area (TPSA) is 70.2 Å². The van der Waals surface area contributed by atoms with E-state index in [2.05, 4.69) is 15.3 Å². The number of nitrogens with one attached hydrogen (secondary N) is 2. The van der Waals surface area contributed by atoms with Gasteiger partial charge in [0.15, 0.2) is 0 Å². The molecule has 1 aromatic rings. The molecule has 6 heteroatoms. The van der Waals surface area contributed by atoms with Gasteiger partial charge in [0.25, 0.3) is 0 Å². The van der Waals surface area contributed by atoms with Crippen LogP contribution in [0.4, 0.5) is 0 Å². The van der Waals surface area contributed by atoms with Crippen LogP contribution in [-0.4, -0.2) is 60.2 Å². The fraction of sp³-hybridized carbons (Fsp3) is 0.750. The van der Waals surface area contributed by atoms with Crippen LogP contribution in [0.25, 0.3) is 0 Å². The van der Waals surface area contributed by atoms with E-state index in [-0.39, 0.29) is 12.5 Å². The van der Waals surface area contributed by atoms with E-state index < -0.39 is 0 Å². The number of H-pyrrole nitrogens is 1. The molecule has 2 aliphatic heterocycles. The zero-order chi connectivity index (χ0) is 15.2. The molecule has 22 heavy (non-hydrogen) atoms. The molecule has 3 heterocycles. The molecule has 1 amide bonds. The van der Waals surface area contributed by atoms with Crippen LogP contribution in [-0.2, 0) is 9.53 Å². The Kier molecular flexibility index (Phi) is 5.45. The second-order valence-electron chi connectivity index (χ2n) is 6.36. The third-order valence-corrected chi connectivity index (χ3v) is 4.73. The van der Waals surface area contributed by atoms with E-state index in [1.165, 1.54) is 12.8 Å². The maximum Gasteiger partial charge on any atom is 0.248 e. The van der Waals surface area contributed by atoms with Crippen LogP contribution in [0.5, 0.6) is 0 Å². The Hall–Kier alpha value is -1.40. The molecule has 1 unspecified atom stereocenters. The Balaban J connectivity index is 1.35. The van der Waals surface area contributed by atoms with Gasteiger partial charge >= 0.3 is 0 Å². The van der Waals surface area contributed by atoms with Crippen LogP contribution in [0.2, 0.25) is 0 Å². The number of piperidine rings is 2. The highest BCUT2D eigenvalue weighted by Crippen LogP contribution is 2.25. The summed E-state index contributed by atoms with van der Waals surface area (Å²) in [5.74, 6) is 2.19. The van der Waals surface area contributed by atoms with Gasteiger partial charge in [0.2, 0.25) is 5.91 Å². The smallest absolute Gasteiger partial charge is 0.248 e. The lowest BCUT2D eigenvalue weighted by Gasteiger charge is -2.31. The molecule has 1 aromatic heterocycles. The van der Waals surface area contributed by atoms with Crippen molar-refractivity contribution >= 4 is 5.91 Å². The largest absolute Gasteiger partial charge is 0.371 e. The Morgan fingerprint density at radius 1 is 1.36 bits per heavy atom. The summed E-state index contributed by atoms with van der Waals surface area (Å²) >= 11 is 0. The molecule has 6 nitrogen and oxygen atoms in total. The van der Waals surface area contributed by atoms with E-state index in [4.69, 9.17) is 4.74 Å². The van der Waals surface area contributed by atoms with Crippen LogP contribution >= 0.6 is 0 Å². The van der Waals surface area contributed by atoms with E-state index in [1.54, 1.807) is 6.20 Å². The summed E-state index contributed by atoms with van der Waals surface area (Å²) in [6.45, 7) is 4.66. The van der Waals surface area contributed by atoms with Crippen molar-refractivity contribution in [3.05, 3.63) is 18.2 Å². The first kappa shape index (κ1) is 15.5. The van der Waals surface area contributed by atoms with Crippen LogP contribution < -0.4 is 5.32 Å². The summed E-state index contributed by atoms with van der Waals surface area (Å²) in [5.41, 5.74) is 0. The Morgan fingerprint density at radius 3 is 2.91 bits per heavy atom. The minimum Gasteiger partial charge on any atom is -0.371 e. The lowest BCUT2D eigenvalue weighted by atomic mass is 9.96. The number of carbonyl (C=O) groups excluding carboxylic acids is 1. The van der Waals surface area contributed by atoms with Crippen molar-refractivity contribution in [3.63, 3.8) is 0 Å². The lowest BCUT2D eigenvalue weighted by Crippen LogP contribution is -2.40. The minimum atomic E-state index is 0.127. The molecular formula is C16H26N4O2. The van der Waals surface area contributed by atoms with Crippen LogP contribution in [0.15, 0.2) is 12.4 Å². The molecule has 0 aromatic carbocycles. The third kappa shape index (κ3) is 4.08. The van der Waals surface area contributed by atoms with Gasteiger partial charge in [-0.2, -0.15) is 0 Å². The van der Waals surface area contributed by atoms with Gasteiger partial charge in [-0.3, -0.25) is 4.79 Å². The summed E-state index contributed by atoms with van der Waals surface area (Å²) < 4.78 is 5.64. The van der Waals surface area contributed by atoms with Crippen LogP contribution in [0.1, 0.15) is 37.4 Å². The fourth-order valence-corrected chi connectivity index (χ4v) is 3.37. The van der Waals surface area contributed by atoms with E-state index in [0.29, 0.717) is 18.4 Å². The molecule has 2 saturated heterocycles. The molecular weight excluding hydrogens is 280 g/mol. The molecule has 0 saturated carbocycles. The Bertz CT molecular complexity index is 449. The summed E-state index contributed by atoms with van der Waals surface area (Å²) in [6, 6.07) is 0. The zero-order valence-corrected chi connectivity index (χ0v) is 13.1. The molecule has 0 spiro atoms. The van der Waals surface area contributed by atoms with Gasteiger partial charge < -0.3 is 19.9 Å². The van der Waals surface area contributed by atoms with Gasteiger partial charge in [-0.15, -0.1) is 0 Å². The maximum absolute atomic E-state index is 12.2. The van der Waals surface area contributed by atoms with Gasteiger partial charge in [0.1, 0.15) is 12.4 Å². The summed E-state index contributed by atoms with van der Waals surface area (Å²) in [7, 11) is 0. The van der Waals surface area contributed by atoms with Crippen molar-refractivity contribution in [2.24, 2.45) is 5.92 Å². The predicted molar refractivity (Wildman–Crippen MR) is 83.6 cm³/mol. The number of hydrogen-bond donors (Lipinski definition) is 2. The van der Waals surface area contributed by atoms with Crippen molar-refractivity contribution < 1.29 is 9.53 Å². The molecule has 122 valence electrons. The van der Waals surface area contributed by atoms with Gasteiger partial charge in [-0.1, -0.05) is 0 Å². The average molecular weight is 306 g/mol. The van der Waals surface area contributed by atoms with E-state index in [1.807, 2.05) is 11.1 Å². The van der Waals surface area contributed by atoms with Crippen molar-refractivity contribution in [3.8, 4) is 0 Å². The van der Waals surface area contributed by atoms with Crippen molar-refractivity contribution in [1.82, 2.24) is 20.2 Å². The number of aromatic amines is 1. The number of rotatable bonds is 5. The second kappa shape index (κ2) is 7.74. The number of hydrogen-bond acceptors (Lipinski definition) is 4. The fourth-order valence-electron chi connectivity index (χ4n) is 3.37. The van der Waals surface area contributed by atoms with Gasteiger partial charge in [-0.25, -0.2) is 4.98 Å². The maximum atomic E-state index is 12.2. The first-order valence-electron chi connectivity index (χ1n) is 8.38. The van der Waals surface area contributed by atoms with E-state index in [9.17, 15) is 4.79 Å². The predicted octanol–water partition coefficient (Wildman–Crippen LogP) is 1.13. The number of amides is 1. The number of imidazole rings is 1. The summed E-state index contributed by atoms with van der Waals surface area (Å²) in [6.07, 6.45) is 8.03. The molecule has 0 bridgehead atoms. The van der Waals surface area contributed by atoms with Gasteiger partial charge in [-0.05, 0) is 38.1 Å². The minimum absolute atomic E-state index is 0.127. The summed E-state index contributed by atoms with van der Waals surface area (Å²) in [5, 5.41) is 3.37. The first-order valence-corrected chi connectivity index (χ1v) is 8.38. The third-order valence-electron chi connectivity index (χ3n) is 4.73. The normalized spacial score (nSPS) is 23.6. The van der Waals surface area contributed by atoms with E-state index >= 15 is 0 Å². The number of carbonyl (C=O) groups is 1. The van der Waals surface area contributed by atoms with Gasteiger partial charge in [0, 0.05) is 37.9 Å². The molecule has 0 aliphatic carbocycles. The van der Waals surface area contributed by atoms with Crippen molar-refractivity contribution in [2.75, 3.05) is 39.4 Å². The first-order chi connectivity index (χ1) is 10.8. The Morgan fingerprint density at radius 2 is 2.23 bits per heavy atom. The van der Waals surface area contributed by atoms with Crippen LogP contribution in [0, 0.1) is 5.92 Å². The number of ether oxygens (including phenoxy) is 1. The molecule has 2 N–H and O–H groups in total. The highest BCUT2D eigenvalue weighted by Gasteiger charge is 2.25. The summed E-state index contributed by atoms with van der Waals surface area (Å²) in [4.78, 5) is 21.6. The molecule has 2 fully saturated rings. The second-order valence-corrected chi connectivity index (χ2v) is 6.36.